The van der Waals surface area contributed by atoms with Gasteiger partial charge in [-0.25, -0.2) is 9.59 Å². The molecule has 366 valence electrons. The highest BCUT2D eigenvalue weighted by Gasteiger charge is 2.40. The molecule has 0 aromatic heterocycles. The Hall–Kier alpha value is -5.25. The highest BCUT2D eigenvalue weighted by atomic mass is 35.5. The van der Waals surface area contributed by atoms with Crippen molar-refractivity contribution in [1.29, 1.82) is 0 Å². The fourth-order valence-corrected chi connectivity index (χ4v) is 9.45. The van der Waals surface area contributed by atoms with Gasteiger partial charge in [0.1, 0.15) is 22.9 Å². The van der Waals surface area contributed by atoms with Crippen LogP contribution in [0.15, 0.2) is 71.8 Å². The van der Waals surface area contributed by atoms with Gasteiger partial charge in [-0.1, -0.05) is 11.6 Å². The molecule has 0 amide bonds. The number of hydrogen-bond donors (Lipinski definition) is 1. The smallest absolute Gasteiger partial charge is 0.350 e. The van der Waals surface area contributed by atoms with Crippen LogP contribution in [0.25, 0.3) is 0 Å². The van der Waals surface area contributed by atoms with Crippen LogP contribution in [0.5, 0.6) is 46.0 Å². The topological polar surface area (TPSA) is 131 Å². The molecule has 2 aliphatic rings. The summed E-state index contributed by atoms with van der Waals surface area (Å²) in [5.74, 6) is 3.68. The lowest BCUT2D eigenvalue weighted by molar-refractivity contribution is -0.941. The number of fused-ring (bicyclic) bond motifs is 2. The molecule has 0 bridgehead atoms. The molecule has 6 rings (SSSR count). The molecular formula is C50H63Cl3N2O12. The zero-order valence-electron chi connectivity index (χ0n) is 39.8. The molecule has 1 unspecified atom stereocenters. The second-order valence-corrected chi connectivity index (χ2v) is 16.8. The zero-order valence-corrected chi connectivity index (χ0v) is 42.0. The first-order valence-corrected chi connectivity index (χ1v) is 22.1. The fraction of sp³-hybridized carbons (Fsp3) is 0.440. The van der Waals surface area contributed by atoms with Crippen molar-refractivity contribution >= 4 is 23.5 Å². The average molecular weight is 990 g/mol. The highest BCUT2D eigenvalue weighted by molar-refractivity contribution is 6.42. The number of methoxy groups -OCH3 is 8. The maximum atomic E-state index is 13.0. The van der Waals surface area contributed by atoms with Gasteiger partial charge in [-0.3, -0.25) is 0 Å². The first kappa shape index (κ1) is 54.4. The second kappa shape index (κ2) is 25.2. The number of esters is 2. The van der Waals surface area contributed by atoms with Gasteiger partial charge >= 0.3 is 11.9 Å². The van der Waals surface area contributed by atoms with Crippen LogP contribution in [0, 0.1) is 0 Å². The quantitative estimate of drug-likeness (QED) is 0.0533. The van der Waals surface area contributed by atoms with Crippen LogP contribution >= 0.6 is 11.6 Å². The summed E-state index contributed by atoms with van der Waals surface area (Å²) in [6.45, 7) is 3.37. The summed E-state index contributed by atoms with van der Waals surface area (Å²) in [7, 11) is 15.2. The highest BCUT2D eigenvalue weighted by Crippen LogP contribution is 2.45. The minimum Gasteiger partial charge on any atom is -1.00 e. The van der Waals surface area contributed by atoms with Gasteiger partial charge in [0.25, 0.3) is 0 Å². The second-order valence-electron chi connectivity index (χ2n) is 16.4. The van der Waals surface area contributed by atoms with Crippen LogP contribution < -0.4 is 67.6 Å². The molecule has 0 spiro atoms. The number of halogens is 3. The summed E-state index contributed by atoms with van der Waals surface area (Å²) in [6, 6.07) is 20.3. The summed E-state index contributed by atoms with van der Waals surface area (Å²) >= 11 is 6.31. The van der Waals surface area contributed by atoms with Crippen molar-refractivity contribution < 1.29 is 91.2 Å². The molecule has 4 aromatic carbocycles. The zero-order chi connectivity index (χ0) is 46.7. The molecule has 1 N–H and O–H groups in total. The number of benzene rings is 4. The molecule has 4 atom stereocenters. The predicted octanol–water partition coefficient (Wildman–Crippen LogP) is 0.270. The van der Waals surface area contributed by atoms with E-state index >= 15 is 0 Å². The third-order valence-corrected chi connectivity index (χ3v) is 13.0. The van der Waals surface area contributed by atoms with E-state index in [1.54, 1.807) is 56.9 Å². The molecular weight excluding hydrogens is 927 g/mol. The van der Waals surface area contributed by atoms with Gasteiger partial charge in [0.2, 0.25) is 5.75 Å². The van der Waals surface area contributed by atoms with Gasteiger partial charge in [0, 0.05) is 54.9 Å². The molecule has 0 saturated heterocycles. The maximum absolute atomic E-state index is 13.0. The molecule has 14 nitrogen and oxygen atoms in total. The van der Waals surface area contributed by atoms with E-state index in [1.165, 1.54) is 16.0 Å². The number of nitrogens with one attached hydrogen (secondary N) is 1. The normalized spacial score (nSPS) is 18.4. The number of carbonyl (C=O) groups is 2. The molecule has 0 fully saturated rings. The molecule has 4 aromatic rings. The SMILES string of the molecule is COc1ccc([C@H]2c3cc(OC)c(OC)cc3CC[NH+]2CCCOC(=O)/C=C(\Cl)C(=O)OCCC[N@+]2(C)CCc3cc(OC)c(OC)cc3[C@H]2Cc2cc(OC)c(OC)c(OC)c2)cc1.[Cl-].[Cl-]. The van der Waals surface area contributed by atoms with Crippen LogP contribution in [0.4, 0.5) is 0 Å². The van der Waals surface area contributed by atoms with Crippen LogP contribution in [0.2, 0.25) is 0 Å². The van der Waals surface area contributed by atoms with E-state index in [0.29, 0.717) is 70.5 Å². The van der Waals surface area contributed by atoms with Gasteiger partial charge in [-0.05, 0) is 77.4 Å². The predicted molar refractivity (Wildman–Crippen MR) is 246 cm³/mol. The Morgan fingerprint density at radius 3 is 1.79 bits per heavy atom. The largest absolute Gasteiger partial charge is 1.00 e. The first-order chi connectivity index (χ1) is 31.4. The molecule has 2 heterocycles. The lowest BCUT2D eigenvalue weighted by atomic mass is 9.86. The number of quaternary nitrogens is 2. The summed E-state index contributed by atoms with van der Waals surface area (Å²) in [4.78, 5) is 27.2. The maximum Gasteiger partial charge on any atom is 0.350 e. The van der Waals surface area contributed by atoms with E-state index in [0.717, 1.165) is 66.6 Å². The summed E-state index contributed by atoms with van der Waals surface area (Å²) in [5, 5.41) is -0.342. The van der Waals surface area contributed by atoms with Gasteiger partial charge in [-0.2, -0.15) is 0 Å². The van der Waals surface area contributed by atoms with Gasteiger partial charge in [0.15, 0.2) is 34.5 Å². The van der Waals surface area contributed by atoms with E-state index in [1.807, 2.05) is 24.3 Å². The van der Waals surface area contributed by atoms with Crippen molar-refractivity contribution in [2.75, 3.05) is 103 Å². The van der Waals surface area contributed by atoms with Crippen LogP contribution in [-0.4, -0.2) is 120 Å². The fourth-order valence-electron chi connectivity index (χ4n) is 9.30. The van der Waals surface area contributed by atoms with Gasteiger partial charge in [0.05, 0.1) is 103 Å². The number of likely N-dealkylation sites (N-methyl/N-ethyl adjacent to an activating group) is 1. The standard InChI is InChI=1S/C50H62ClN2O12.2ClH/c1-53(21-17-35-28-42(58-4)43(59-5)29-37(35)40(53)24-32-25-45(61-7)49(63-9)46(26-32)62-8)20-11-23-65-50(55)39(51)31-47(54)64-22-10-18-52-19-16-34-27-41(57-3)44(60-6)30-38(34)48(52)33-12-14-36(56-2)15-13-33;;/h12-15,25-31,40,48H,10-11,16-24H2,1-9H3;2*1H/q+1;;/p-1/b39-31-;;/t40-,48+,53-;;/m1../s1. The lowest BCUT2D eigenvalue weighted by Crippen LogP contribution is -3.13. The van der Waals surface area contributed by atoms with E-state index in [2.05, 4.69) is 43.4 Å². The Morgan fingerprint density at radius 1 is 0.672 bits per heavy atom. The molecule has 0 aliphatic carbocycles. The van der Waals surface area contributed by atoms with E-state index < -0.39 is 11.9 Å². The molecule has 0 radical (unpaired) electrons. The van der Waals surface area contributed by atoms with Crippen molar-refractivity contribution in [2.45, 2.75) is 44.2 Å². The van der Waals surface area contributed by atoms with Crippen molar-refractivity contribution in [3.63, 3.8) is 0 Å². The van der Waals surface area contributed by atoms with Crippen molar-refractivity contribution in [3.8, 4) is 46.0 Å². The minimum absolute atomic E-state index is 0. The summed E-state index contributed by atoms with van der Waals surface area (Å²) < 4.78 is 56.8. The summed E-state index contributed by atoms with van der Waals surface area (Å²) in [6.07, 6.45) is 4.44. The van der Waals surface area contributed by atoms with Crippen LogP contribution in [0.3, 0.4) is 0 Å². The first-order valence-electron chi connectivity index (χ1n) is 21.8. The Labute approximate surface area is 411 Å². The molecule has 17 heteroatoms. The van der Waals surface area contributed by atoms with Gasteiger partial charge in [-0.15, -0.1) is 0 Å². The summed E-state index contributed by atoms with van der Waals surface area (Å²) in [5.41, 5.74) is 6.84. The Bertz CT molecular complexity index is 2300. The van der Waals surface area contributed by atoms with Crippen molar-refractivity contribution in [3.05, 3.63) is 105 Å². The average Bonchev–Trinajstić information content (AvgIpc) is 3.33. The number of hydrogen-bond acceptors (Lipinski definition) is 12. The Balaban J connectivity index is 0.00000490. The van der Waals surface area contributed by atoms with E-state index in [4.69, 9.17) is 59.0 Å². The monoisotopic (exact) mass is 988 g/mol. The lowest BCUT2D eigenvalue weighted by Gasteiger charge is -2.46. The molecule has 67 heavy (non-hydrogen) atoms. The van der Waals surface area contributed by atoms with Crippen LogP contribution in [0.1, 0.15) is 58.3 Å². The minimum atomic E-state index is -0.785. The van der Waals surface area contributed by atoms with Crippen molar-refractivity contribution in [2.24, 2.45) is 0 Å². The Morgan fingerprint density at radius 2 is 1.22 bits per heavy atom. The third kappa shape index (κ3) is 12.6. The molecule has 2 aliphatic heterocycles. The number of rotatable bonds is 21. The van der Waals surface area contributed by atoms with E-state index in [9.17, 15) is 9.59 Å². The number of ether oxygens (including phenoxy) is 10. The van der Waals surface area contributed by atoms with Crippen LogP contribution in [-0.2, 0) is 38.3 Å². The van der Waals surface area contributed by atoms with E-state index in [-0.39, 0.29) is 55.1 Å². The number of nitrogens with zero attached hydrogens (tertiary/aromatic N) is 1. The van der Waals surface area contributed by atoms with Crippen molar-refractivity contribution in [1.82, 2.24) is 0 Å². The van der Waals surface area contributed by atoms with Gasteiger partial charge < -0.3 is 81.6 Å². The Kier molecular flexibility index (Phi) is 20.5. The third-order valence-electron chi connectivity index (χ3n) is 12.7. The molecule has 0 saturated carbocycles. The number of carbonyl (C=O) groups excluding carboxylic acids is 2.